The maximum absolute atomic E-state index is 13.2. The molecule has 0 fully saturated rings. The number of carbonyl (C=O) groups excluding carboxylic acids is 2. The molecule has 0 saturated heterocycles. The van der Waals surface area contributed by atoms with Crippen molar-refractivity contribution in [3.63, 3.8) is 0 Å². The average molecular weight is 410 g/mol. The number of anilines is 2. The monoisotopic (exact) mass is 410 g/mol. The van der Waals surface area contributed by atoms with E-state index in [0.717, 1.165) is 17.7 Å². The number of nitrogens with zero attached hydrogens (tertiary/aromatic N) is 1. The third-order valence-corrected chi connectivity index (χ3v) is 4.98. The Morgan fingerprint density at radius 3 is 2.33 bits per heavy atom. The summed E-state index contributed by atoms with van der Waals surface area (Å²) in [5, 5.41) is 2.53. The number of rotatable bonds is 3. The number of alkyl halides is 3. The molecule has 4 rings (SSSR count). The minimum atomic E-state index is -4.51. The SMILES string of the molecule is O=C(Nc1cccc(C(F)(F)F)c1)C1Cc2ccccc2N1C(=O)c1ccccc1. The van der Waals surface area contributed by atoms with Crippen LogP contribution in [0, 0.1) is 0 Å². The molecule has 0 aromatic heterocycles. The first-order chi connectivity index (χ1) is 14.3. The molecule has 2 amide bonds. The highest BCUT2D eigenvalue weighted by atomic mass is 19.4. The fourth-order valence-corrected chi connectivity index (χ4v) is 3.57. The van der Waals surface area contributed by atoms with Gasteiger partial charge in [-0.05, 0) is 42.0 Å². The van der Waals surface area contributed by atoms with Crippen LogP contribution in [0.2, 0.25) is 0 Å². The molecule has 3 aromatic rings. The number of fused-ring (bicyclic) bond motifs is 1. The summed E-state index contributed by atoms with van der Waals surface area (Å²) in [5.74, 6) is -0.889. The summed E-state index contributed by atoms with van der Waals surface area (Å²) in [7, 11) is 0. The smallest absolute Gasteiger partial charge is 0.324 e. The van der Waals surface area contributed by atoms with Gasteiger partial charge in [0.1, 0.15) is 6.04 Å². The van der Waals surface area contributed by atoms with Crippen LogP contribution in [0.25, 0.3) is 0 Å². The first-order valence-corrected chi connectivity index (χ1v) is 9.29. The predicted octanol–water partition coefficient (Wildman–Crippen LogP) is 4.92. The zero-order chi connectivity index (χ0) is 21.3. The van der Waals surface area contributed by atoms with Gasteiger partial charge in [-0.3, -0.25) is 14.5 Å². The van der Waals surface area contributed by atoms with E-state index in [4.69, 9.17) is 0 Å². The van der Waals surface area contributed by atoms with Crippen LogP contribution in [-0.2, 0) is 17.4 Å². The van der Waals surface area contributed by atoms with Crippen molar-refractivity contribution in [2.24, 2.45) is 0 Å². The molecule has 7 heteroatoms. The minimum absolute atomic E-state index is 0.0258. The molecule has 0 radical (unpaired) electrons. The Hall–Kier alpha value is -3.61. The highest BCUT2D eigenvalue weighted by Gasteiger charge is 2.39. The molecule has 0 aliphatic carbocycles. The van der Waals surface area contributed by atoms with Crippen molar-refractivity contribution in [2.75, 3.05) is 10.2 Å². The molecule has 1 aliphatic heterocycles. The third kappa shape index (κ3) is 3.78. The van der Waals surface area contributed by atoms with Gasteiger partial charge in [0, 0.05) is 23.4 Å². The highest BCUT2D eigenvalue weighted by molar-refractivity contribution is 6.13. The predicted molar refractivity (Wildman–Crippen MR) is 107 cm³/mol. The van der Waals surface area contributed by atoms with Crippen molar-refractivity contribution in [3.05, 3.63) is 95.6 Å². The van der Waals surface area contributed by atoms with Gasteiger partial charge in [-0.15, -0.1) is 0 Å². The molecule has 1 N–H and O–H groups in total. The average Bonchev–Trinajstić information content (AvgIpc) is 3.13. The molecule has 1 unspecified atom stereocenters. The molecular formula is C23H17F3N2O2. The molecule has 4 nitrogen and oxygen atoms in total. The van der Waals surface area contributed by atoms with Crippen molar-refractivity contribution >= 4 is 23.2 Å². The fourth-order valence-electron chi connectivity index (χ4n) is 3.57. The van der Waals surface area contributed by atoms with Gasteiger partial charge in [0.25, 0.3) is 5.91 Å². The summed E-state index contributed by atoms with van der Waals surface area (Å²) in [6.07, 6.45) is -4.24. The lowest BCUT2D eigenvalue weighted by Crippen LogP contribution is -2.45. The number of halogens is 3. The highest BCUT2D eigenvalue weighted by Crippen LogP contribution is 2.35. The van der Waals surface area contributed by atoms with Gasteiger partial charge in [-0.25, -0.2) is 0 Å². The van der Waals surface area contributed by atoms with E-state index < -0.39 is 23.7 Å². The van der Waals surface area contributed by atoms with Crippen LogP contribution in [0.1, 0.15) is 21.5 Å². The van der Waals surface area contributed by atoms with E-state index in [1.165, 1.54) is 17.0 Å². The van der Waals surface area contributed by atoms with Gasteiger partial charge in [0.05, 0.1) is 5.56 Å². The topological polar surface area (TPSA) is 49.4 Å². The Morgan fingerprint density at radius 2 is 1.60 bits per heavy atom. The molecule has 1 atom stereocenters. The number of carbonyl (C=O) groups is 2. The fraction of sp³-hybridized carbons (Fsp3) is 0.130. The number of nitrogens with one attached hydrogen (secondary N) is 1. The lowest BCUT2D eigenvalue weighted by molar-refractivity contribution is -0.137. The second-order valence-corrected chi connectivity index (χ2v) is 6.96. The van der Waals surface area contributed by atoms with Gasteiger partial charge >= 0.3 is 6.18 Å². The Kier molecular flexibility index (Phi) is 5.03. The van der Waals surface area contributed by atoms with Crippen LogP contribution in [0.3, 0.4) is 0 Å². The van der Waals surface area contributed by atoms with Crippen LogP contribution < -0.4 is 10.2 Å². The summed E-state index contributed by atoms with van der Waals surface area (Å²) in [5.41, 5.74) is 1.04. The summed E-state index contributed by atoms with van der Waals surface area (Å²) < 4.78 is 38.9. The van der Waals surface area contributed by atoms with E-state index >= 15 is 0 Å². The number of benzene rings is 3. The van der Waals surface area contributed by atoms with Crippen molar-refractivity contribution in [3.8, 4) is 0 Å². The first-order valence-electron chi connectivity index (χ1n) is 9.29. The van der Waals surface area contributed by atoms with Crippen LogP contribution in [-0.4, -0.2) is 17.9 Å². The van der Waals surface area contributed by atoms with E-state index in [9.17, 15) is 22.8 Å². The number of hydrogen-bond acceptors (Lipinski definition) is 2. The quantitative estimate of drug-likeness (QED) is 0.667. The maximum atomic E-state index is 13.2. The van der Waals surface area contributed by atoms with Gasteiger partial charge in [-0.2, -0.15) is 13.2 Å². The Labute approximate surface area is 170 Å². The standard InChI is InChI=1S/C23H17F3N2O2/c24-23(25,26)17-10-6-11-18(14-17)27-21(29)20-13-16-9-4-5-12-19(16)28(20)22(30)15-7-2-1-3-8-15/h1-12,14,20H,13H2,(H,27,29). The molecule has 30 heavy (non-hydrogen) atoms. The van der Waals surface area contributed by atoms with Gasteiger partial charge < -0.3 is 5.32 Å². The van der Waals surface area contributed by atoms with Crippen molar-refractivity contribution < 1.29 is 22.8 Å². The second-order valence-electron chi connectivity index (χ2n) is 6.96. The molecule has 0 saturated carbocycles. The summed E-state index contributed by atoms with van der Waals surface area (Å²) in [6, 6.07) is 19.3. The molecule has 152 valence electrons. The van der Waals surface area contributed by atoms with E-state index in [1.54, 1.807) is 42.5 Å². The Bertz CT molecular complexity index is 1100. The minimum Gasteiger partial charge on any atom is -0.324 e. The molecule has 0 bridgehead atoms. The molecular weight excluding hydrogens is 393 g/mol. The van der Waals surface area contributed by atoms with Crippen LogP contribution in [0.15, 0.2) is 78.9 Å². The van der Waals surface area contributed by atoms with Crippen LogP contribution >= 0.6 is 0 Å². The van der Waals surface area contributed by atoms with E-state index in [-0.39, 0.29) is 18.0 Å². The van der Waals surface area contributed by atoms with Crippen molar-refractivity contribution in [1.82, 2.24) is 0 Å². The molecule has 0 spiro atoms. The second kappa shape index (κ2) is 7.67. The van der Waals surface area contributed by atoms with Crippen LogP contribution in [0.4, 0.5) is 24.5 Å². The van der Waals surface area contributed by atoms with Gasteiger partial charge in [0.2, 0.25) is 5.91 Å². The Balaban J connectivity index is 1.64. The van der Waals surface area contributed by atoms with Crippen molar-refractivity contribution in [2.45, 2.75) is 18.6 Å². The number of para-hydroxylation sites is 1. The molecule has 1 aliphatic rings. The van der Waals surface area contributed by atoms with Crippen molar-refractivity contribution in [1.29, 1.82) is 0 Å². The first kappa shape index (κ1) is 19.7. The van der Waals surface area contributed by atoms with Gasteiger partial charge in [-0.1, -0.05) is 42.5 Å². The number of amides is 2. The maximum Gasteiger partial charge on any atom is 0.416 e. The Morgan fingerprint density at radius 1 is 0.900 bits per heavy atom. The lowest BCUT2D eigenvalue weighted by atomic mass is 10.1. The summed E-state index contributed by atoms with van der Waals surface area (Å²) >= 11 is 0. The lowest BCUT2D eigenvalue weighted by Gasteiger charge is -2.25. The largest absolute Gasteiger partial charge is 0.416 e. The van der Waals surface area contributed by atoms with E-state index in [0.29, 0.717) is 11.3 Å². The summed E-state index contributed by atoms with van der Waals surface area (Å²) in [4.78, 5) is 27.6. The van der Waals surface area contributed by atoms with Crippen LogP contribution in [0.5, 0.6) is 0 Å². The molecule has 3 aromatic carbocycles. The number of hydrogen-bond donors (Lipinski definition) is 1. The zero-order valence-electron chi connectivity index (χ0n) is 15.7. The third-order valence-electron chi connectivity index (χ3n) is 4.98. The van der Waals surface area contributed by atoms with E-state index in [2.05, 4.69) is 5.32 Å². The van der Waals surface area contributed by atoms with Gasteiger partial charge in [0.15, 0.2) is 0 Å². The molecule has 1 heterocycles. The van der Waals surface area contributed by atoms with E-state index in [1.807, 2.05) is 12.1 Å². The summed E-state index contributed by atoms with van der Waals surface area (Å²) in [6.45, 7) is 0. The zero-order valence-corrected chi connectivity index (χ0v) is 15.7. The normalized spacial score (nSPS) is 15.6.